The molecular formula is C24H34N6O. The standard InChI is InChI=1S/C24H34N6O/c1-3-26-24(28-14-11-19(2)22(17-28)29-15-12-25-18-29)27-16-20-7-9-21(10-8-20)30-13-5-4-6-23(30)31/h7-10,12,15,18-19,22H,3-6,11,13-14,16-17H2,1-2H3,(H,26,27). The fourth-order valence-corrected chi connectivity index (χ4v) is 4.55. The fourth-order valence-electron chi connectivity index (χ4n) is 4.55. The molecule has 2 fully saturated rings. The first kappa shape index (κ1) is 21.4. The summed E-state index contributed by atoms with van der Waals surface area (Å²) in [6.45, 7) is 8.66. The normalized spacial score (nSPS) is 22.6. The average molecular weight is 423 g/mol. The van der Waals surface area contributed by atoms with E-state index in [-0.39, 0.29) is 5.91 Å². The van der Waals surface area contributed by atoms with Gasteiger partial charge in [-0.05, 0) is 49.8 Å². The van der Waals surface area contributed by atoms with Gasteiger partial charge >= 0.3 is 0 Å². The van der Waals surface area contributed by atoms with Crippen LogP contribution in [0, 0.1) is 5.92 Å². The van der Waals surface area contributed by atoms with Crippen molar-refractivity contribution in [2.24, 2.45) is 10.9 Å². The Morgan fingerprint density at radius 3 is 2.77 bits per heavy atom. The Morgan fingerprint density at radius 1 is 1.23 bits per heavy atom. The molecule has 1 amide bonds. The molecule has 166 valence electrons. The number of anilines is 1. The number of nitrogens with one attached hydrogen (secondary N) is 1. The molecule has 3 heterocycles. The van der Waals surface area contributed by atoms with Gasteiger partial charge in [0, 0.05) is 50.7 Å². The number of piperidine rings is 2. The quantitative estimate of drug-likeness (QED) is 0.592. The van der Waals surface area contributed by atoms with Crippen LogP contribution in [0.4, 0.5) is 5.69 Å². The first-order valence-electron chi connectivity index (χ1n) is 11.6. The molecular weight excluding hydrogens is 388 g/mol. The van der Waals surface area contributed by atoms with Crippen molar-refractivity contribution >= 4 is 17.6 Å². The summed E-state index contributed by atoms with van der Waals surface area (Å²) in [6.07, 6.45) is 9.71. The van der Waals surface area contributed by atoms with Gasteiger partial charge in [-0.15, -0.1) is 0 Å². The first-order chi connectivity index (χ1) is 15.2. The number of carbonyl (C=O) groups excluding carboxylic acids is 1. The maximum absolute atomic E-state index is 12.2. The number of aromatic nitrogens is 2. The van der Waals surface area contributed by atoms with E-state index >= 15 is 0 Å². The third-order valence-corrected chi connectivity index (χ3v) is 6.44. The minimum atomic E-state index is 0.234. The average Bonchev–Trinajstić information content (AvgIpc) is 3.33. The molecule has 4 rings (SSSR count). The monoisotopic (exact) mass is 422 g/mol. The second-order valence-electron chi connectivity index (χ2n) is 8.63. The molecule has 1 aromatic carbocycles. The van der Waals surface area contributed by atoms with Gasteiger partial charge in [0.15, 0.2) is 5.96 Å². The van der Waals surface area contributed by atoms with Crippen LogP contribution in [0.2, 0.25) is 0 Å². The number of carbonyl (C=O) groups is 1. The van der Waals surface area contributed by atoms with Crippen LogP contribution < -0.4 is 10.2 Å². The molecule has 0 aliphatic carbocycles. The van der Waals surface area contributed by atoms with E-state index in [9.17, 15) is 4.79 Å². The smallest absolute Gasteiger partial charge is 0.226 e. The van der Waals surface area contributed by atoms with Crippen LogP contribution in [0.5, 0.6) is 0 Å². The van der Waals surface area contributed by atoms with E-state index in [0.717, 1.165) is 62.7 Å². The van der Waals surface area contributed by atoms with Crippen LogP contribution in [0.1, 0.15) is 51.1 Å². The molecule has 0 saturated carbocycles. The largest absolute Gasteiger partial charge is 0.357 e. The highest BCUT2D eigenvalue weighted by Crippen LogP contribution is 2.27. The highest BCUT2D eigenvalue weighted by atomic mass is 16.2. The lowest BCUT2D eigenvalue weighted by molar-refractivity contribution is -0.119. The second kappa shape index (κ2) is 9.98. The topological polar surface area (TPSA) is 65.8 Å². The van der Waals surface area contributed by atoms with Gasteiger partial charge in [-0.2, -0.15) is 0 Å². The van der Waals surface area contributed by atoms with E-state index < -0.39 is 0 Å². The summed E-state index contributed by atoms with van der Waals surface area (Å²) in [5.41, 5.74) is 2.15. The van der Waals surface area contributed by atoms with Crippen molar-refractivity contribution in [1.82, 2.24) is 19.8 Å². The van der Waals surface area contributed by atoms with E-state index in [2.05, 4.69) is 64.1 Å². The molecule has 2 atom stereocenters. The minimum absolute atomic E-state index is 0.234. The van der Waals surface area contributed by atoms with Crippen LogP contribution in [0.3, 0.4) is 0 Å². The maximum Gasteiger partial charge on any atom is 0.226 e. The molecule has 7 nitrogen and oxygen atoms in total. The summed E-state index contributed by atoms with van der Waals surface area (Å²) in [7, 11) is 0. The molecule has 2 saturated heterocycles. The maximum atomic E-state index is 12.2. The van der Waals surface area contributed by atoms with Crippen molar-refractivity contribution in [1.29, 1.82) is 0 Å². The van der Waals surface area contributed by atoms with E-state index in [1.54, 1.807) is 0 Å². The number of hydrogen-bond acceptors (Lipinski definition) is 3. The summed E-state index contributed by atoms with van der Waals surface area (Å²) < 4.78 is 2.22. The van der Waals surface area contributed by atoms with E-state index in [1.807, 2.05) is 17.4 Å². The van der Waals surface area contributed by atoms with E-state index in [1.165, 1.54) is 0 Å². The van der Waals surface area contributed by atoms with Crippen molar-refractivity contribution in [3.63, 3.8) is 0 Å². The highest BCUT2D eigenvalue weighted by molar-refractivity contribution is 5.93. The second-order valence-corrected chi connectivity index (χ2v) is 8.63. The van der Waals surface area contributed by atoms with Gasteiger partial charge in [0.1, 0.15) is 0 Å². The van der Waals surface area contributed by atoms with Crippen LogP contribution >= 0.6 is 0 Å². The van der Waals surface area contributed by atoms with Crippen molar-refractivity contribution in [2.45, 2.75) is 52.1 Å². The zero-order valence-electron chi connectivity index (χ0n) is 18.7. The summed E-state index contributed by atoms with van der Waals surface area (Å²) in [5.74, 6) is 1.81. The Hall–Kier alpha value is -2.83. The summed E-state index contributed by atoms with van der Waals surface area (Å²) in [5, 5.41) is 3.47. The number of hydrogen-bond donors (Lipinski definition) is 1. The van der Waals surface area contributed by atoms with Crippen molar-refractivity contribution in [2.75, 3.05) is 31.1 Å². The Labute approximate surface area is 185 Å². The number of rotatable bonds is 5. The Morgan fingerprint density at radius 2 is 2.06 bits per heavy atom. The highest BCUT2D eigenvalue weighted by Gasteiger charge is 2.29. The van der Waals surface area contributed by atoms with Gasteiger partial charge in [0.05, 0.1) is 18.9 Å². The lowest BCUT2D eigenvalue weighted by Crippen LogP contribution is -2.49. The molecule has 0 radical (unpaired) electrons. The molecule has 2 aliphatic rings. The molecule has 2 aromatic rings. The zero-order valence-corrected chi connectivity index (χ0v) is 18.7. The molecule has 0 spiro atoms. The van der Waals surface area contributed by atoms with Crippen molar-refractivity contribution < 1.29 is 4.79 Å². The molecule has 2 unspecified atom stereocenters. The van der Waals surface area contributed by atoms with Gasteiger partial charge in [-0.25, -0.2) is 9.98 Å². The van der Waals surface area contributed by atoms with Gasteiger partial charge in [-0.3, -0.25) is 4.79 Å². The zero-order chi connectivity index (χ0) is 21.6. The van der Waals surface area contributed by atoms with Gasteiger partial charge in [0.25, 0.3) is 0 Å². The predicted octanol–water partition coefficient (Wildman–Crippen LogP) is 3.45. The van der Waals surface area contributed by atoms with Crippen molar-refractivity contribution in [3.05, 3.63) is 48.5 Å². The number of likely N-dealkylation sites (tertiary alicyclic amines) is 1. The van der Waals surface area contributed by atoms with Crippen LogP contribution in [-0.2, 0) is 11.3 Å². The number of benzene rings is 1. The van der Waals surface area contributed by atoms with Crippen LogP contribution in [0.15, 0.2) is 48.0 Å². The third kappa shape index (κ3) is 5.09. The third-order valence-electron chi connectivity index (χ3n) is 6.44. The number of amides is 1. The molecule has 2 aliphatic heterocycles. The molecule has 1 N–H and O–H groups in total. The lowest BCUT2D eigenvalue weighted by atomic mass is 9.93. The fraction of sp³-hybridized carbons (Fsp3) is 0.542. The first-order valence-corrected chi connectivity index (χ1v) is 11.6. The number of guanidine groups is 1. The lowest BCUT2D eigenvalue weighted by Gasteiger charge is -2.39. The molecule has 31 heavy (non-hydrogen) atoms. The summed E-state index contributed by atoms with van der Waals surface area (Å²) in [4.78, 5) is 25.6. The molecule has 1 aromatic heterocycles. The van der Waals surface area contributed by atoms with Crippen LogP contribution in [0.25, 0.3) is 0 Å². The predicted molar refractivity (Wildman–Crippen MR) is 124 cm³/mol. The van der Waals surface area contributed by atoms with Gasteiger partial charge in [0.2, 0.25) is 5.91 Å². The minimum Gasteiger partial charge on any atom is -0.357 e. The van der Waals surface area contributed by atoms with Gasteiger partial charge in [-0.1, -0.05) is 19.1 Å². The Balaban J connectivity index is 1.43. The summed E-state index contributed by atoms with van der Waals surface area (Å²) >= 11 is 0. The Kier molecular flexibility index (Phi) is 6.89. The number of aliphatic imine (C=N–C) groups is 1. The molecule has 0 bridgehead atoms. The van der Waals surface area contributed by atoms with E-state index in [4.69, 9.17) is 4.99 Å². The van der Waals surface area contributed by atoms with Crippen molar-refractivity contribution in [3.8, 4) is 0 Å². The van der Waals surface area contributed by atoms with Crippen LogP contribution in [-0.4, -0.2) is 52.5 Å². The number of nitrogens with zero attached hydrogens (tertiary/aromatic N) is 5. The summed E-state index contributed by atoms with van der Waals surface area (Å²) in [6, 6.07) is 8.70. The molecule has 7 heteroatoms. The van der Waals surface area contributed by atoms with Gasteiger partial charge < -0.3 is 19.7 Å². The SMILES string of the molecule is CCNC(=NCc1ccc(N2CCCCC2=O)cc1)N1CCC(C)C(n2ccnc2)C1. The number of imidazole rings is 1. The van der Waals surface area contributed by atoms with E-state index in [0.29, 0.717) is 24.9 Å². The Bertz CT molecular complexity index is 876.